The van der Waals surface area contributed by atoms with Gasteiger partial charge in [-0.2, -0.15) is 0 Å². The highest BCUT2D eigenvalue weighted by Crippen LogP contribution is 2.27. The molecule has 0 radical (unpaired) electrons. The van der Waals surface area contributed by atoms with E-state index in [0.717, 1.165) is 26.6 Å². The van der Waals surface area contributed by atoms with Gasteiger partial charge in [0, 0.05) is 56.5 Å². The monoisotopic (exact) mass is 465 g/mol. The summed E-state index contributed by atoms with van der Waals surface area (Å²) in [5, 5.41) is 10.1. The molecule has 0 bridgehead atoms. The second-order valence-corrected chi connectivity index (χ2v) is 8.43. The number of carbonyl (C=O) groups excluding carboxylic acids is 2. The molecule has 11 nitrogen and oxygen atoms in total. The number of likely N-dealkylation sites (tertiary alicyclic amines) is 1. The number of fused-ring (bicyclic) bond motifs is 1. The second-order valence-electron chi connectivity index (χ2n) is 8.43. The van der Waals surface area contributed by atoms with Crippen LogP contribution in [0.4, 0.5) is 10.5 Å². The summed E-state index contributed by atoms with van der Waals surface area (Å²) in [6, 6.07) is 7.57. The van der Waals surface area contributed by atoms with Gasteiger partial charge in [0.15, 0.2) is 0 Å². The van der Waals surface area contributed by atoms with Gasteiger partial charge in [-0.1, -0.05) is 18.2 Å². The van der Waals surface area contributed by atoms with Crippen molar-refractivity contribution in [1.82, 2.24) is 18.9 Å². The molecule has 2 aromatic rings. The SMILES string of the molecule is Cn1c(=O)c(C(N)=CC=N)cn(CC(=O)N2CCC(N3Cc4ccccc4NC3=O)CC2)c1=O. The molecular formula is C23H27N7O4. The Morgan fingerprint density at radius 2 is 1.91 bits per heavy atom. The number of nitrogens with two attached hydrogens (primary N) is 1. The van der Waals surface area contributed by atoms with Gasteiger partial charge in [-0.25, -0.2) is 9.59 Å². The summed E-state index contributed by atoms with van der Waals surface area (Å²) < 4.78 is 2.05. The zero-order valence-electron chi connectivity index (χ0n) is 18.9. The number of urea groups is 1. The van der Waals surface area contributed by atoms with Crippen LogP contribution in [-0.4, -0.2) is 56.2 Å². The van der Waals surface area contributed by atoms with Gasteiger partial charge in [-0.3, -0.25) is 18.7 Å². The lowest BCUT2D eigenvalue weighted by Crippen LogP contribution is -2.52. The Labute approximate surface area is 195 Å². The highest BCUT2D eigenvalue weighted by Gasteiger charge is 2.32. The number of piperidine rings is 1. The molecule has 0 atom stereocenters. The fraction of sp³-hybridized carbons (Fsp3) is 0.348. The third kappa shape index (κ3) is 4.36. The Kier molecular flexibility index (Phi) is 6.35. The largest absolute Gasteiger partial charge is 0.398 e. The molecule has 0 unspecified atom stereocenters. The molecular weight excluding hydrogens is 438 g/mol. The van der Waals surface area contributed by atoms with Crippen LogP contribution >= 0.6 is 0 Å². The first-order valence-electron chi connectivity index (χ1n) is 11.0. The zero-order chi connectivity index (χ0) is 24.4. The third-order valence-electron chi connectivity index (χ3n) is 6.35. The molecule has 178 valence electrons. The van der Waals surface area contributed by atoms with Crippen molar-refractivity contribution in [2.45, 2.75) is 32.0 Å². The normalized spacial score (nSPS) is 16.7. The minimum Gasteiger partial charge on any atom is -0.398 e. The Morgan fingerprint density at radius 3 is 2.62 bits per heavy atom. The van der Waals surface area contributed by atoms with E-state index in [2.05, 4.69) is 5.32 Å². The quantitative estimate of drug-likeness (QED) is 0.552. The molecule has 2 aliphatic heterocycles. The van der Waals surface area contributed by atoms with Gasteiger partial charge in [0.1, 0.15) is 6.54 Å². The van der Waals surface area contributed by atoms with Gasteiger partial charge in [-0.15, -0.1) is 0 Å². The van der Waals surface area contributed by atoms with Gasteiger partial charge in [0.25, 0.3) is 5.56 Å². The lowest BCUT2D eigenvalue weighted by Gasteiger charge is -2.40. The number of rotatable bonds is 5. The Bertz CT molecular complexity index is 1280. The van der Waals surface area contributed by atoms with Crippen molar-refractivity contribution in [3.05, 3.63) is 68.5 Å². The fourth-order valence-electron chi connectivity index (χ4n) is 4.41. The minimum atomic E-state index is -0.622. The first-order valence-corrected chi connectivity index (χ1v) is 11.0. The average molecular weight is 466 g/mol. The van der Waals surface area contributed by atoms with E-state index in [0.29, 0.717) is 32.5 Å². The fourth-order valence-corrected chi connectivity index (χ4v) is 4.41. The summed E-state index contributed by atoms with van der Waals surface area (Å²) in [7, 11) is 1.32. The number of para-hydroxylation sites is 1. The van der Waals surface area contributed by atoms with E-state index in [9.17, 15) is 19.2 Å². The maximum Gasteiger partial charge on any atom is 0.331 e. The molecule has 3 amide bonds. The molecule has 0 spiro atoms. The lowest BCUT2D eigenvalue weighted by atomic mass is 10.0. The summed E-state index contributed by atoms with van der Waals surface area (Å²) in [5.41, 5.74) is 6.61. The highest BCUT2D eigenvalue weighted by atomic mass is 16.2. The van der Waals surface area contributed by atoms with Crippen molar-refractivity contribution < 1.29 is 9.59 Å². The number of hydrogen-bond donors (Lipinski definition) is 3. The standard InChI is InChI=1S/C23H27N7O4/c1-27-21(32)17(18(25)6-9-24)13-29(23(27)34)14-20(31)28-10-7-16(8-11-28)30-12-15-4-2-3-5-19(15)26-22(30)33/h2-6,9,13,16,24H,7-8,10-12,14,25H2,1H3,(H,26,33). The number of aromatic nitrogens is 2. The summed E-state index contributed by atoms with van der Waals surface area (Å²) in [6.45, 7) is 1.21. The molecule has 4 N–H and O–H groups in total. The molecule has 34 heavy (non-hydrogen) atoms. The van der Waals surface area contributed by atoms with Crippen molar-refractivity contribution in [3.8, 4) is 0 Å². The van der Waals surface area contributed by atoms with E-state index in [1.54, 1.807) is 4.90 Å². The second kappa shape index (κ2) is 9.38. The maximum absolute atomic E-state index is 12.9. The number of hydrogen-bond acceptors (Lipinski definition) is 6. The van der Waals surface area contributed by atoms with E-state index in [1.165, 1.54) is 19.3 Å². The number of amides is 3. The van der Waals surface area contributed by atoms with Crippen LogP contribution in [0.3, 0.4) is 0 Å². The van der Waals surface area contributed by atoms with Crippen LogP contribution in [0.15, 0.2) is 46.1 Å². The number of nitrogens with zero attached hydrogens (tertiary/aromatic N) is 4. The molecule has 1 aromatic carbocycles. The van der Waals surface area contributed by atoms with Crippen LogP contribution in [0.25, 0.3) is 5.70 Å². The van der Waals surface area contributed by atoms with Gasteiger partial charge in [0.2, 0.25) is 5.91 Å². The van der Waals surface area contributed by atoms with E-state index in [1.807, 2.05) is 29.2 Å². The van der Waals surface area contributed by atoms with Crippen molar-refractivity contribution >= 4 is 29.5 Å². The van der Waals surface area contributed by atoms with Crippen molar-refractivity contribution in [3.63, 3.8) is 0 Å². The van der Waals surface area contributed by atoms with Crippen LogP contribution < -0.4 is 22.3 Å². The van der Waals surface area contributed by atoms with Gasteiger partial charge < -0.3 is 26.3 Å². The van der Waals surface area contributed by atoms with Crippen LogP contribution in [0.1, 0.15) is 24.0 Å². The third-order valence-corrected chi connectivity index (χ3v) is 6.35. The molecule has 0 saturated carbocycles. The number of allylic oxidation sites excluding steroid dienone is 1. The Balaban J connectivity index is 1.43. The van der Waals surface area contributed by atoms with Crippen molar-refractivity contribution in [1.29, 1.82) is 5.41 Å². The molecule has 1 fully saturated rings. The first-order chi connectivity index (χ1) is 16.3. The van der Waals surface area contributed by atoms with Crippen LogP contribution in [0, 0.1) is 5.41 Å². The van der Waals surface area contributed by atoms with E-state index < -0.39 is 11.2 Å². The number of carbonyl (C=O) groups is 2. The maximum atomic E-state index is 12.9. The number of anilines is 1. The van der Waals surface area contributed by atoms with Crippen LogP contribution in [-0.2, 0) is 24.9 Å². The smallest absolute Gasteiger partial charge is 0.331 e. The average Bonchev–Trinajstić information content (AvgIpc) is 2.84. The molecule has 0 aliphatic carbocycles. The molecule has 1 aromatic heterocycles. The summed E-state index contributed by atoms with van der Waals surface area (Å²) in [6.07, 6.45) is 4.71. The summed E-state index contributed by atoms with van der Waals surface area (Å²) in [4.78, 5) is 53.9. The Morgan fingerprint density at radius 1 is 1.21 bits per heavy atom. The van der Waals surface area contributed by atoms with E-state index in [-0.39, 0.29) is 35.8 Å². The predicted molar refractivity (Wildman–Crippen MR) is 127 cm³/mol. The van der Waals surface area contributed by atoms with Gasteiger partial charge in [-0.05, 0) is 30.5 Å². The number of nitrogens with one attached hydrogen (secondary N) is 2. The lowest BCUT2D eigenvalue weighted by molar-refractivity contribution is -0.133. The highest BCUT2D eigenvalue weighted by molar-refractivity contribution is 5.92. The van der Waals surface area contributed by atoms with Crippen LogP contribution in [0.2, 0.25) is 0 Å². The van der Waals surface area contributed by atoms with E-state index >= 15 is 0 Å². The Hall–Kier alpha value is -4.15. The topological polar surface area (TPSA) is 147 Å². The van der Waals surface area contributed by atoms with E-state index in [4.69, 9.17) is 11.1 Å². The molecule has 2 aliphatic rings. The molecule has 4 rings (SSSR count). The molecule has 11 heteroatoms. The zero-order valence-corrected chi connectivity index (χ0v) is 18.9. The summed E-state index contributed by atoms with van der Waals surface area (Å²) >= 11 is 0. The van der Waals surface area contributed by atoms with Crippen molar-refractivity contribution in [2.75, 3.05) is 18.4 Å². The molecule has 3 heterocycles. The number of benzene rings is 1. The van der Waals surface area contributed by atoms with Gasteiger partial charge in [0.05, 0.1) is 5.56 Å². The first kappa shape index (κ1) is 23.0. The van der Waals surface area contributed by atoms with Crippen molar-refractivity contribution in [2.24, 2.45) is 12.8 Å². The predicted octanol–water partition coefficient (Wildman–Crippen LogP) is 0.535. The van der Waals surface area contributed by atoms with Gasteiger partial charge >= 0.3 is 11.7 Å². The van der Waals surface area contributed by atoms with Crippen LogP contribution in [0.5, 0.6) is 0 Å². The minimum absolute atomic E-state index is 0.00957. The molecule has 1 saturated heterocycles. The summed E-state index contributed by atoms with van der Waals surface area (Å²) in [5.74, 6) is -0.256.